The van der Waals surface area contributed by atoms with Gasteiger partial charge in [0.05, 0.1) is 0 Å². The van der Waals surface area contributed by atoms with Crippen LogP contribution in [0, 0.1) is 0 Å². The molecule has 1 saturated carbocycles. The third-order valence-corrected chi connectivity index (χ3v) is 35.2. The van der Waals surface area contributed by atoms with Gasteiger partial charge in [0.15, 0.2) is 0 Å². The molecule has 0 amide bonds. The van der Waals surface area contributed by atoms with Crippen molar-refractivity contribution in [2.24, 2.45) is 0 Å². The van der Waals surface area contributed by atoms with Crippen molar-refractivity contribution in [3.05, 3.63) is 70.8 Å². The second kappa shape index (κ2) is 10.3. The van der Waals surface area contributed by atoms with Crippen molar-refractivity contribution in [3.63, 3.8) is 0 Å². The van der Waals surface area contributed by atoms with Gasteiger partial charge in [-0.05, 0) is 0 Å². The fourth-order valence-electron chi connectivity index (χ4n) is 5.07. The number of phenolic OH excluding ortho intramolecular Hbond substituents is 1. The number of phenols is 1. The minimum absolute atomic E-state index is 0.120. The molecule has 0 spiro atoms. The van der Waals surface area contributed by atoms with Crippen LogP contribution in [0.2, 0.25) is 4.71 Å². The first-order valence-electron chi connectivity index (χ1n) is 11.4. The molecule has 3 heterocycles. The zero-order chi connectivity index (χ0) is 24.1. The third kappa shape index (κ3) is 4.44. The van der Waals surface area contributed by atoms with E-state index in [1.807, 2.05) is 38.2 Å². The van der Waals surface area contributed by atoms with Crippen LogP contribution in [0.3, 0.4) is 0 Å². The number of hydrogen-bond acceptors (Lipinski definition) is 7. The van der Waals surface area contributed by atoms with Gasteiger partial charge in [-0.25, -0.2) is 0 Å². The molecule has 4 aliphatic rings. The molecule has 0 aromatic heterocycles. The first-order chi connectivity index (χ1) is 17.0. The van der Waals surface area contributed by atoms with Crippen molar-refractivity contribution >= 4 is 80.7 Å². The third-order valence-electron chi connectivity index (χ3n) is 6.57. The SMILES string of the molecule is C=C1CCC2=C(c3ccccc3C(=O)O)c3ccc(O)c([As]4SCCS4)c3OC2C1[As]1SCCS1. The maximum absolute atomic E-state index is 12.3. The number of carbonyl (C=O) groups is 1. The summed E-state index contributed by atoms with van der Waals surface area (Å²) in [6, 6.07) is 11.1. The molecule has 0 bridgehead atoms. The minimum atomic E-state index is -1.59. The average molecular weight is 667 g/mol. The Morgan fingerprint density at radius 1 is 0.971 bits per heavy atom. The van der Waals surface area contributed by atoms with E-state index in [9.17, 15) is 15.0 Å². The van der Waals surface area contributed by atoms with Crippen molar-refractivity contribution < 1.29 is 19.7 Å². The molecule has 182 valence electrons. The summed E-state index contributed by atoms with van der Waals surface area (Å²) in [5.74, 6) is 4.82. The van der Waals surface area contributed by atoms with Gasteiger partial charge in [-0.15, -0.1) is 0 Å². The van der Waals surface area contributed by atoms with E-state index in [-0.39, 0.29) is 6.10 Å². The molecular formula is C25H24As2O4S4. The number of aromatic hydroxyl groups is 1. The van der Waals surface area contributed by atoms with Crippen LogP contribution in [0.15, 0.2) is 54.1 Å². The van der Waals surface area contributed by atoms with Crippen molar-refractivity contribution in [3.8, 4) is 11.5 Å². The van der Waals surface area contributed by atoms with Crippen LogP contribution < -0.4 is 9.09 Å². The number of carboxylic acid groups (broad SMARTS) is 1. The Kier molecular flexibility index (Phi) is 7.34. The topological polar surface area (TPSA) is 66.8 Å². The quantitative estimate of drug-likeness (QED) is 0.327. The molecule has 1 aliphatic carbocycles. The molecule has 35 heavy (non-hydrogen) atoms. The summed E-state index contributed by atoms with van der Waals surface area (Å²) < 4.78 is 8.31. The Bertz CT molecular complexity index is 1240. The van der Waals surface area contributed by atoms with Crippen molar-refractivity contribution in [1.29, 1.82) is 0 Å². The van der Waals surface area contributed by atoms with Gasteiger partial charge in [-0.3, -0.25) is 0 Å². The number of hydrogen-bond donors (Lipinski definition) is 2. The molecule has 2 N–H and O–H groups in total. The number of benzene rings is 2. The molecule has 3 aliphatic heterocycles. The predicted molar refractivity (Wildman–Crippen MR) is 155 cm³/mol. The van der Waals surface area contributed by atoms with Crippen LogP contribution in [0.25, 0.3) is 5.57 Å². The fourth-order valence-corrected chi connectivity index (χ4v) is 36.9. The Balaban J connectivity index is 1.61. The van der Waals surface area contributed by atoms with Crippen molar-refractivity contribution in [2.75, 3.05) is 23.0 Å². The van der Waals surface area contributed by atoms with Crippen LogP contribution in [-0.2, 0) is 0 Å². The second-order valence-corrected chi connectivity index (χ2v) is 32.4. The summed E-state index contributed by atoms with van der Waals surface area (Å²) in [6.07, 6.45) is 1.64. The summed E-state index contributed by atoms with van der Waals surface area (Å²) in [5.41, 5.74) is 5.55. The van der Waals surface area contributed by atoms with Gasteiger partial charge >= 0.3 is 229 Å². The van der Waals surface area contributed by atoms with E-state index in [1.165, 1.54) is 22.7 Å². The predicted octanol–water partition coefficient (Wildman–Crippen LogP) is 5.52. The summed E-state index contributed by atoms with van der Waals surface area (Å²) in [5, 5.41) is 21.1. The molecule has 0 radical (unpaired) electrons. The molecule has 6 rings (SSSR count). The first kappa shape index (κ1) is 24.8. The van der Waals surface area contributed by atoms with E-state index >= 15 is 0 Å². The molecule has 2 atom stereocenters. The van der Waals surface area contributed by atoms with Crippen molar-refractivity contribution in [2.45, 2.75) is 23.7 Å². The zero-order valence-corrected chi connectivity index (χ0v) is 25.8. The fraction of sp³-hybridized carbons (Fsp3) is 0.320. The number of fused-ring (bicyclic) bond motifs is 2. The van der Waals surface area contributed by atoms with Crippen LogP contribution in [0.1, 0.15) is 34.3 Å². The molecule has 4 nitrogen and oxygen atoms in total. The van der Waals surface area contributed by atoms with E-state index in [1.54, 1.807) is 18.2 Å². The first-order valence-corrected chi connectivity index (χ1v) is 26.4. The monoisotopic (exact) mass is 666 g/mol. The number of carboxylic acids is 1. The Hall–Kier alpha value is -0.493. The van der Waals surface area contributed by atoms with Gasteiger partial charge in [0, 0.05) is 0 Å². The number of rotatable bonds is 4. The Morgan fingerprint density at radius 3 is 2.43 bits per heavy atom. The maximum atomic E-state index is 12.3. The van der Waals surface area contributed by atoms with E-state index in [2.05, 4.69) is 26.6 Å². The Morgan fingerprint density at radius 2 is 1.69 bits per heavy atom. The molecule has 2 saturated heterocycles. The van der Waals surface area contributed by atoms with Crippen LogP contribution in [0.5, 0.6) is 11.5 Å². The summed E-state index contributed by atoms with van der Waals surface area (Å²) in [6.45, 7) is 4.51. The number of aromatic carboxylic acids is 1. The molecule has 3 fully saturated rings. The second-order valence-electron chi connectivity index (χ2n) is 8.58. The average Bonchev–Trinajstić information content (AvgIpc) is 3.57. The number of ether oxygens (including phenoxy) is 1. The molecule has 2 aromatic carbocycles. The zero-order valence-electron chi connectivity index (χ0n) is 18.8. The normalized spacial score (nSPS) is 24.9. The van der Waals surface area contributed by atoms with Gasteiger partial charge < -0.3 is 0 Å². The van der Waals surface area contributed by atoms with E-state index in [0.29, 0.717) is 16.0 Å². The van der Waals surface area contributed by atoms with Crippen molar-refractivity contribution in [1.82, 2.24) is 0 Å². The van der Waals surface area contributed by atoms with Crippen LogP contribution >= 0.6 is 40.1 Å². The van der Waals surface area contributed by atoms with Gasteiger partial charge in [0.1, 0.15) is 0 Å². The van der Waals surface area contributed by atoms with E-state index in [0.717, 1.165) is 51.1 Å². The summed E-state index contributed by atoms with van der Waals surface area (Å²) in [4.78, 5) is 12.3. The van der Waals surface area contributed by atoms with Crippen LogP contribution in [-0.4, -0.2) is 70.0 Å². The van der Waals surface area contributed by atoms with Crippen LogP contribution in [0.4, 0.5) is 0 Å². The molecule has 2 unspecified atom stereocenters. The summed E-state index contributed by atoms with van der Waals surface area (Å²) >= 11 is -2.91. The van der Waals surface area contributed by atoms with Gasteiger partial charge in [0.2, 0.25) is 0 Å². The Labute approximate surface area is 227 Å². The van der Waals surface area contributed by atoms with E-state index in [4.69, 9.17) is 4.74 Å². The molecule has 2 aromatic rings. The molecular weight excluding hydrogens is 642 g/mol. The van der Waals surface area contributed by atoms with Gasteiger partial charge in [0.25, 0.3) is 0 Å². The van der Waals surface area contributed by atoms with Gasteiger partial charge in [-0.1, -0.05) is 0 Å². The summed E-state index contributed by atoms with van der Waals surface area (Å²) in [7, 11) is 8.23. The standard InChI is InChI=1S/C25H24As2O4S4/c1-14-6-7-17-20(15-4-2-3-5-16(15)25(29)30)18-8-9-19(28)22(27-34-12-13-35-27)24(18)31-23(17)21(14)26-32-10-11-33-26/h2-5,8-9,21,23,28H,1,6-7,10-13H2,(H,29,30). The molecule has 10 heteroatoms. The van der Waals surface area contributed by atoms with Gasteiger partial charge in [-0.2, -0.15) is 0 Å². The van der Waals surface area contributed by atoms with E-state index < -0.39 is 30.6 Å².